The smallest absolute Gasteiger partial charge is 0.338 e. The van der Waals surface area contributed by atoms with Crippen molar-refractivity contribution in [1.82, 2.24) is 5.32 Å². The molecular weight excluding hydrogens is 334 g/mol. The first kappa shape index (κ1) is 15.9. The van der Waals surface area contributed by atoms with Crippen LogP contribution in [0.15, 0.2) is 65.9 Å². The summed E-state index contributed by atoms with van der Waals surface area (Å²) in [5, 5.41) is 5.54. The third kappa shape index (κ3) is 2.33. The Morgan fingerprint density at radius 2 is 1.73 bits per heavy atom. The fourth-order valence-electron chi connectivity index (χ4n) is 3.25. The largest absolute Gasteiger partial charge is 0.466 e. The molecule has 0 saturated carbocycles. The Hall–Kier alpha value is -3.61. The number of carbonyl (C=O) groups excluding carboxylic acids is 3. The molecule has 0 bridgehead atoms. The summed E-state index contributed by atoms with van der Waals surface area (Å²) >= 11 is 0. The Labute approximate surface area is 149 Å². The number of carbonyl (C=O) groups is 3. The van der Waals surface area contributed by atoms with Gasteiger partial charge in [-0.05, 0) is 17.7 Å². The summed E-state index contributed by atoms with van der Waals surface area (Å²) in [6.07, 6.45) is 0. The van der Waals surface area contributed by atoms with Crippen molar-refractivity contribution in [3.8, 4) is 0 Å². The molecule has 4 rings (SSSR count). The monoisotopic (exact) mass is 349 g/mol. The van der Waals surface area contributed by atoms with Gasteiger partial charge in [0.25, 0.3) is 5.91 Å². The molecule has 0 saturated heterocycles. The third-order valence-corrected chi connectivity index (χ3v) is 4.38. The third-order valence-electron chi connectivity index (χ3n) is 4.38. The van der Waals surface area contributed by atoms with E-state index in [-0.39, 0.29) is 11.3 Å². The highest BCUT2D eigenvalue weighted by molar-refractivity contribution is 6.23. The quantitative estimate of drug-likeness (QED) is 0.815. The molecule has 2 aliphatic heterocycles. The van der Waals surface area contributed by atoms with Crippen molar-refractivity contribution in [1.29, 1.82) is 0 Å². The number of methoxy groups -OCH3 is 1. The van der Waals surface area contributed by atoms with Gasteiger partial charge in [0.2, 0.25) is 0 Å². The predicted octanol–water partition coefficient (Wildman–Crippen LogP) is 2.34. The van der Waals surface area contributed by atoms with E-state index in [9.17, 15) is 14.4 Å². The molecule has 2 N–H and O–H groups in total. The van der Waals surface area contributed by atoms with Gasteiger partial charge in [0.1, 0.15) is 5.70 Å². The number of urea groups is 1. The number of nitrogens with zero attached hydrogens (tertiary/aromatic N) is 1. The van der Waals surface area contributed by atoms with Gasteiger partial charge >= 0.3 is 12.0 Å². The van der Waals surface area contributed by atoms with E-state index in [1.807, 2.05) is 6.07 Å². The summed E-state index contributed by atoms with van der Waals surface area (Å²) in [6, 6.07) is 14.6. The highest BCUT2D eigenvalue weighted by Gasteiger charge is 2.44. The molecule has 3 amide bonds. The average molecular weight is 349 g/mol. The molecule has 0 aliphatic carbocycles. The summed E-state index contributed by atoms with van der Waals surface area (Å²) in [5.74, 6) is -1.20. The van der Waals surface area contributed by atoms with Crippen LogP contribution in [-0.4, -0.2) is 25.0 Å². The maximum Gasteiger partial charge on any atom is 0.338 e. The number of benzene rings is 2. The minimum absolute atomic E-state index is 0.0202. The second-order valence-corrected chi connectivity index (χ2v) is 5.85. The average Bonchev–Trinajstić information content (AvgIpc) is 2.68. The van der Waals surface area contributed by atoms with Crippen molar-refractivity contribution in [2.24, 2.45) is 0 Å². The molecule has 2 aromatic rings. The van der Waals surface area contributed by atoms with E-state index >= 15 is 0 Å². The summed E-state index contributed by atoms with van der Waals surface area (Å²) in [5.41, 5.74) is 1.74. The van der Waals surface area contributed by atoms with Gasteiger partial charge in [0.05, 0.1) is 30.1 Å². The van der Waals surface area contributed by atoms with E-state index in [0.717, 1.165) is 0 Å². The van der Waals surface area contributed by atoms with Gasteiger partial charge in [-0.1, -0.05) is 42.5 Å². The number of esters is 1. The van der Waals surface area contributed by atoms with Crippen LogP contribution in [0.25, 0.3) is 0 Å². The highest BCUT2D eigenvalue weighted by Crippen LogP contribution is 2.40. The summed E-state index contributed by atoms with van der Waals surface area (Å²) in [7, 11) is 1.24. The maximum absolute atomic E-state index is 12.8. The van der Waals surface area contributed by atoms with Crippen LogP contribution in [-0.2, 0) is 14.3 Å². The molecule has 7 heteroatoms. The van der Waals surface area contributed by atoms with Crippen LogP contribution in [0.5, 0.6) is 0 Å². The van der Waals surface area contributed by atoms with Crippen LogP contribution < -0.4 is 15.5 Å². The van der Waals surface area contributed by atoms with Gasteiger partial charge in [0, 0.05) is 0 Å². The lowest BCUT2D eigenvalue weighted by atomic mass is 9.93. The number of hydrogen-bond acceptors (Lipinski definition) is 4. The lowest BCUT2D eigenvalue weighted by Crippen LogP contribution is -2.53. The number of para-hydroxylation sites is 2. The Kier molecular flexibility index (Phi) is 3.69. The van der Waals surface area contributed by atoms with Gasteiger partial charge in [-0.25, -0.2) is 9.59 Å². The van der Waals surface area contributed by atoms with E-state index in [0.29, 0.717) is 16.9 Å². The Morgan fingerprint density at radius 1 is 1.04 bits per heavy atom. The van der Waals surface area contributed by atoms with Crippen molar-refractivity contribution in [2.75, 3.05) is 17.3 Å². The van der Waals surface area contributed by atoms with E-state index in [1.165, 1.54) is 12.0 Å². The zero-order valence-corrected chi connectivity index (χ0v) is 13.9. The minimum Gasteiger partial charge on any atom is -0.466 e. The number of amides is 3. The summed E-state index contributed by atoms with van der Waals surface area (Å²) in [4.78, 5) is 39.3. The van der Waals surface area contributed by atoms with Crippen LogP contribution >= 0.6 is 0 Å². The van der Waals surface area contributed by atoms with Crippen LogP contribution in [0.1, 0.15) is 11.6 Å². The molecule has 2 aliphatic rings. The zero-order valence-electron chi connectivity index (χ0n) is 13.9. The van der Waals surface area contributed by atoms with Gasteiger partial charge < -0.3 is 15.4 Å². The number of ether oxygens (including phenoxy) is 1. The molecule has 2 aromatic carbocycles. The van der Waals surface area contributed by atoms with Crippen LogP contribution in [0, 0.1) is 0 Å². The van der Waals surface area contributed by atoms with E-state index < -0.39 is 23.9 Å². The van der Waals surface area contributed by atoms with Crippen molar-refractivity contribution >= 4 is 29.3 Å². The standard InChI is InChI=1S/C19H15N3O4/c1-26-18(24)14-15(11-7-3-2-4-8-11)21-19(25)22-13-10-6-5-9-12(13)20-17(23)16(14)22/h2-10,15H,1H3,(H,20,23)(H,21,25)/t15-/m1/s1. The molecule has 2 heterocycles. The van der Waals surface area contributed by atoms with Crippen molar-refractivity contribution in [2.45, 2.75) is 6.04 Å². The Balaban J connectivity index is 1.97. The molecule has 26 heavy (non-hydrogen) atoms. The normalized spacial score (nSPS) is 18.5. The molecule has 0 radical (unpaired) electrons. The number of anilines is 2. The maximum atomic E-state index is 12.8. The van der Waals surface area contributed by atoms with Crippen molar-refractivity contribution < 1.29 is 19.1 Å². The molecular formula is C19H15N3O4. The molecule has 0 unspecified atom stereocenters. The molecule has 0 spiro atoms. The van der Waals surface area contributed by atoms with Crippen LogP contribution in [0.4, 0.5) is 16.2 Å². The van der Waals surface area contributed by atoms with Gasteiger partial charge in [-0.15, -0.1) is 0 Å². The molecule has 1 atom stereocenters. The summed E-state index contributed by atoms with van der Waals surface area (Å²) in [6.45, 7) is 0. The lowest BCUT2D eigenvalue weighted by Gasteiger charge is -2.38. The zero-order chi connectivity index (χ0) is 18.3. The Bertz CT molecular complexity index is 952. The molecule has 0 aromatic heterocycles. The first-order chi connectivity index (χ1) is 12.6. The Morgan fingerprint density at radius 3 is 2.46 bits per heavy atom. The fourth-order valence-corrected chi connectivity index (χ4v) is 3.25. The highest BCUT2D eigenvalue weighted by atomic mass is 16.5. The topological polar surface area (TPSA) is 87.7 Å². The fraction of sp³-hybridized carbons (Fsp3) is 0.105. The van der Waals surface area contributed by atoms with Gasteiger partial charge in [-0.2, -0.15) is 0 Å². The number of fused-ring (bicyclic) bond motifs is 3. The first-order valence-electron chi connectivity index (χ1n) is 8.00. The van der Waals surface area contributed by atoms with Crippen LogP contribution in [0.2, 0.25) is 0 Å². The van der Waals surface area contributed by atoms with Gasteiger partial charge in [-0.3, -0.25) is 9.69 Å². The SMILES string of the molecule is COC(=O)C1=C2C(=O)Nc3ccccc3N2C(=O)N[C@@H]1c1ccccc1. The number of rotatable bonds is 2. The lowest BCUT2D eigenvalue weighted by molar-refractivity contribution is -0.137. The van der Waals surface area contributed by atoms with Crippen LogP contribution in [0.3, 0.4) is 0 Å². The molecule has 0 fully saturated rings. The first-order valence-corrected chi connectivity index (χ1v) is 8.00. The predicted molar refractivity (Wildman–Crippen MR) is 94.3 cm³/mol. The van der Waals surface area contributed by atoms with E-state index in [2.05, 4.69) is 10.6 Å². The van der Waals surface area contributed by atoms with E-state index in [1.54, 1.807) is 48.5 Å². The minimum atomic E-state index is -0.779. The molecule has 130 valence electrons. The van der Waals surface area contributed by atoms with E-state index in [4.69, 9.17) is 4.74 Å². The van der Waals surface area contributed by atoms with Gasteiger partial charge in [0.15, 0.2) is 0 Å². The number of nitrogens with one attached hydrogen (secondary N) is 2. The van der Waals surface area contributed by atoms with Crippen molar-refractivity contribution in [3.05, 3.63) is 71.4 Å². The molecule has 7 nitrogen and oxygen atoms in total. The van der Waals surface area contributed by atoms with Crippen molar-refractivity contribution in [3.63, 3.8) is 0 Å². The number of hydrogen-bond donors (Lipinski definition) is 2. The second-order valence-electron chi connectivity index (χ2n) is 5.85. The summed E-state index contributed by atoms with van der Waals surface area (Å²) < 4.78 is 4.91. The second kappa shape index (κ2) is 6.03.